The fourth-order valence-corrected chi connectivity index (χ4v) is 7.26. The van der Waals surface area contributed by atoms with E-state index in [1.54, 1.807) is 18.4 Å². The number of rotatable bonds is 8. The molecule has 1 aliphatic heterocycles. The van der Waals surface area contributed by atoms with Gasteiger partial charge in [-0.15, -0.1) is 0 Å². The molecule has 0 amide bonds. The summed E-state index contributed by atoms with van der Waals surface area (Å²) in [6.45, 7) is 10.7. The Balaban J connectivity index is 1.28. The van der Waals surface area contributed by atoms with E-state index < -0.39 is 0 Å². The van der Waals surface area contributed by atoms with Crippen LogP contribution in [0.4, 0.5) is 5.82 Å². The number of aliphatic imine (C=N–C) groups is 1. The van der Waals surface area contributed by atoms with Crippen molar-refractivity contribution >= 4 is 23.2 Å². The minimum absolute atomic E-state index is 0.0488. The third-order valence-corrected chi connectivity index (χ3v) is 9.95. The average molecular weight is 531 g/mol. The fourth-order valence-electron chi connectivity index (χ4n) is 7.26. The number of imidazole rings is 1. The van der Waals surface area contributed by atoms with Crippen LogP contribution in [0.5, 0.6) is 0 Å². The van der Waals surface area contributed by atoms with Crippen molar-refractivity contribution in [3.05, 3.63) is 59.7 Å². The molecule has 2 aromatic rings. The molecule has 0 aromatic carbocycles. The Morgan fingerprint density at radius 3 is 2.90 bits per heavy atom. The number of nitrogen functional groups attached to an aromatic ring is 1. The van der Waals surface area contributed by atoms with E-state index in [1.165, 1.54) is 30.3 Å². The summed E-state index contributed by atoms with van der Waals surface area (Å²) in [6.07, 6.45) is 20.1. The minimum atomic E-state index is -0.336. The molecule has 5 rings (SSSR count). The minimum Gasteiger partial charge on any atom is -0.607 e. The second-order valence-corrected chi connectivity index (χ2v) is 12.2. The summed E-state index contributed by atoms with van der Waals surface area (Å²) in [7, 11) is 1.98. The van der Waals surface area contributed by atoms with Gasteiger partial charge in [-0.05, 0) is 80.3 Å². The van der Waals surface area contributed by atoms with E-state index in [0.717, 1.165) is 43.4 Å². The molecule has 2 aliphatic carbocycles. The summed E-state index contributed by atoms with van der Waals surface area (Å²) in [4.78, 5) is 12.7. The Labute approximate surface area is 231 Å². The first-order valence-corrected chi connectivity index (χ1v) is 14.2. The Hall–Kier alpha value is -3.42. The van der Waals surface area contributed by atoms with Crippen molar-refractivity contribution in [3.8, 4) is 0 Å². The van der Waals surface area contributed by atoms with E-state index >= 15 is 0 Å². The van der Waals surface area contributed by atoms with Crippen molar-refractivity contribution in [2.45, 2.75) is 72.8 Å². The molecule has 1 saturated carbocycles. The molecular weight excluding hydrogens is 488 g/mol. The normalized spacial score (nSPS) is 30.0. The maximum Gasteiger partial charge on any atom is 0.307 e. The number of allylic oxidation sites excluding steroid dienone is 5. The molecule has 3 aliphatic rings. The van der Waals surface area contributed by atoms with Crippen LogP contribution in [0.25, 0.3) is 11.2 Å². The molecule has 2 aromatic heterocycles. The van der Waals surface area contributed by atoms with E-state index in [1.807, 2.05) is 17.9 Å². The molecule has 0 spiro atoms. The van der Waals surface area contributed by atoms with Gasteiger partial charge in [-0.1, -0.05) is 49.1 Å². The van der Waals surface area contributed by atoms with Gasteiger partial charge in [-0.2, -0.15) is 4.98 Å². The first-order chi connectivity index (χ1) is 18.6. The second-order valence-electron chi connectivity index (χ2n) is 12.2. The number of aromatic nitrogens is 4. The Morgan fingerprint density at radius 2 is 2.13 bits per heavy atom. The van der Waals surface area contributed by atoms with Crippen LogP contribution in [0.3, 0.4) is 0 Å². The van der Waals surface area contributed by atoms with Crippen molar-refractivity contribution in [2.75, 3.05) is 12.3 Å². The highest BCUT2D eigenvalue weighted by Gasteiger charge is 2.53. The zero-order chi connectivity index (χ0) is 27.8. The molecule has 1 fully saturated rings. The lowest BCUT2D eigenvalue weighted by Crippen LogP contribution is -2.50. The summed E-state index contributed by atoms with van der Waals surface area (Å²) in [5.74, 6) is 1.37. The van der Waals surface area contributed by atoms with Crippen LogP contribution < -0.4 is 15.4 Å². The fraction of sp³-hybridized carbons (Fsp3) is 0.548. The van der Waals surface area contributed by atoms with Gasteiger partial charge in [0.2, 0.25) is 5.52 Å². The molecular formula is C31H42N6O2. The summed E-state index contributed by atoms with van der Waals surface area (Å²) < 4.78 is 9.86. The monoisotopic (exact) mass is 530 g/mol. The summed E-state index contributed by atoms with van der Waals surface area (Å²) in [5, 5.41) is 12.5. The van der Waals surface area contributed by atoms with Gasteiger partial charge < -0.3 is 15.6 Å². The van der Waals surface area contributed by atoms with Crippen LogP contribution in [0.2, 0.25) is 0 Å². The largest absolute Gasteiger partial charge is 0.607 e. The van der Waals surface area contributed by atoms with Crippen molar-refractivity contribution in [1.82, 2.24) is 14.5 Å². The molecule has 0 bridgehead atoms. The number of hydrogen-bond acceptors (Lipinski definition) is 6. The van der Waals surface area contributed by atoms with Crippen LogP contribution >= 0.6 is 0 Å². The maximum atomic E-state index is 12.5. The molecule has 3 heterocycles. The lowest BCUT2D eigenvalue weighted by Gasteiger charge is -2.58. The number of nitrogens with two attached hydrogens (primary N) is 1. The van der Waals surface area contributed by atoms with Crippen LogP contribution in [0, 0.1) is 22.7 Å². The third-order valence-electron chi connectivity index (χ3n) is 9.95. The van der Waals surface area contributed by atoms with Crippen molar-refractivity contribution in [1.29, 1.82) is 0 Å². The van der Waals surface area contributed by atoms with Gasteiger partial charge in [0.15, 0.2) is 18.5 Å². The van der Waals surface area contributed by atoms with E-state index in [2.05, 4.69) is 59.4 Å². The first kappa shape index (κ1) is 27.2. The number of fused-ring (bicyclic) bond motifs is 2. The molecule has 0 unspecified atom stereocenters. The van der Waals surface area contributed by atoms with E-state index in [-0.39, 0.29) is 16.8 Å². The number of ether oxygens (including phenoxy) is 1. The molecule has 8 nitrogen and oxygen atoms in total. The lowest BCUT2D eigenvalue weighted by atomic mass is 9.47. The first-order valence-electron chi connectivity index (χ1n) is 14.2. The molecule has 0 saturated heterocycles. The van der Waals surface area contributed by atoms with Crippen molar-refractivity contribution < 1.29 is 14.4 Å². The van der Waals surface area contributed by atoms with Crippen LogP contribution in [-0.4, -0.2) is 27.4 Å². The van der Waals surface area contributed by atoms with Crippen LogP contribution in [0.15, 0.2) is 64.7 Å². The van der Waals surface area contributed by atoms with Crippen molar-refractivity contribution in [3.63, 3.8) is 0 Å². The molecule has 0 radical (unpaired) electrons. The van der Waals surface area contributed by atoms with Gasteiger partial charge in [0.25, 0.3) is 0 Å². The number of anilines is 1. The topological polar surface area (TPSA) is 105 Å². The highest BCUT2D eigenvalue weighted by molar-refractivity contribution is 5.79. The zero-order valence-electron chi connectivity index (χ0n) is 24.0. The lowest BCUT2D eigenvalue weighted by molar-refractivity contribution is -0.647. The van der Waals surface area contributed by atoms with Gasteiger partial charge in [0, 0.05) is 12.8 Å². The SMILES string of the molecule is C/C(=C\Cn1c[n+](C)c2ncnc(N)c21)CC[C@]1(C)[C@@H](C)CC[C@@]2(C)C(COC([O-])=C3C=CC=N3)=CCC[C@@H]12. The Bertz CT molecular complexity index is 1390. The van der Waals surface area contributed by atoms with E-state index in [9.17, 15) is 5.11 Å². The summed E-state index contributed by atoms with van der Waals surface area (Å²) in [6, 6.07) is 0. The average Bonchev–Trinajstić information content (AvgIpc) is 3.57. The van der Waals surface area contributed by atoms with Crippen LogP contribution in [-0.2, 0) is 18.3 Å². The standard InChI is InChI=1S/C31H42N6O2/c1-21(13-17-37-20-36(5)28-26(37)27(32)34-19-35-28)11-14-30(3)22(2)12-15-31(4)23(8-6-10-25(30)31)18-39-29(38)24-9-7-16-33-24/h7-9,13,16,19-20,22,25H,6,10-12,14-15,17-18H2,1-5H3,(H2-,32,33,34,35,38)/b21-13+/t22-,25-,30+,31-/m0/s1. The molecule has 208 valence electrons. The number of hydrogen-bond donors (Lipinski definition) is 1. The van der Waals surface area contributed by atoms with Gasteiger partial charge in [0.05, 0.1) is 25.2 Å². The van der Waals surface area contributed by atoms with Gasteiger partial charge in [0.1, 0.15) is 0 Å². The quantitative estimate of drug-likeness (QED) is 0.307. The number of aryl methyl sites for hydroxylation is 1. The predicted molar refractivity (Wildman–Crippen MR) is 152 cm³/mol. The second kappa shape index (κ2) is 10.6. The van der Waals surface area contributed by atoms with Crippen LogP contribution in [0.1, 0.15) is 66.2 Å². The van der Waals surface area contributed by atoms with E-state index in [4.69, 9.17) is 10.5 Å². The summed E-state index contributed by atoms with van der Waals surface area (Å²) >= 11 is 0. The Kier molecular flexibility index (Phi) is 7.40. The number of nitrogens with zero attached hydrogens (tertiary/aromatic N) is 5. The molecule has 4 atom stereocenters. The molecule has 2 N–H and O–H groups in total. The zero-order valence-corrected chi connectivity index (χ0v) is 24.0. The molecule has 8 heteroatoms. The van der Waals surface area contributed by atoms with Gasteiger partial charge in [-0.3, -0.25) is 9.56 Å². The third kappa shape index (κ3) is 5.01. The Morgan fingerprint density at radius 1 is 1.31 bits per heavy atom. The van der Waals surface area contributed by atoms with Gasteiger partial charge in [-0.25, -0.2) is 4.57 Å². The highest BCUT2D eigenvalue weighted by Crippen LogP contribution is 2.62. The van der Waals surface area contributed by atoms with E-state index in [0.29, 0.717) is 30.0 Å². The van der Waals surface area contributed by atoms with Crippen molar-refractivity contribution in [2.24, 2.45) is 34.7 Å². The molecule has 39 heavy (non-hydrogen) atoms. The predicted octanol–water partition coefficient (Wildman–Crippen LogP) is 4.53. The smallest absolute Gasteiger partial charge is 0.307 e. The highest BCUT2D eigenvalue weighted by atomic mass is 16.6. The summed E-state index contributed by atoms with van der Waals surface area (Å²) in [5.41, 5.74) is 11.2. The van der Waals surface area contributed by atoms with Gasteiger partial charge >= 0.3 is 5.65 Å². The maximum absolute atomic E-state index is 12.5.